The number of nitrogens with zero attached hydrogens (tertiary/aromatic N) is 3. The van der Waals surface area contributed by atoms with Crippen LogP contribution >= 0.6 is 15.9 Å². The Kier molecular flexibility index (Phi) is 3.50. The molecule has 0 atom stereocenters. The number of pyridine rings is 1. The maximum absolute atomic E-state index is 12.2. The van der Waals surface area contributed by atoms with Gasteiger partial charge in [0, 0.05) is 17.7 Å². The van der Waals surface area contributed by atoms with Crippen molar-refractivity contribution in [3.8, 4) is 0 Å². The van der Waals surface area contributed by atoms with Crippen molar-refractivity contribution in [2.24, 2.45) is 7.05 Å². The molecule has 2 heterocycles. The second-order valence-corrected chi connectivity index (χ2v) is 6.48. The minimum atomic E-state index is -3.82. The summed E-state index contributed by atoms with van der Waals surface area (Å²) >= 11 is 3.26. The summed E-state index contributed by atoms with van der Waals surface area (Å²) in [4.78, 5) is 7.78. The van der Waals surface area contributed by atoms with Crippen LogP contribution in [0.1, 0.15) is 5.56 Å². The highest BCUT2D eigenvalue weighted by Crippen LogP contribution is 2.22. The fraction of sp³-hybridized carbons (Fsp3) is 0.200. The van der Waals surface area contributed by atoms with Crippen molar-refractivity contribution in [3.05, 3.63) is 28.6 Å². The summed E-state index contributed by atoms with van der Waals surface area (Å²) in [7, 11) is -2.26. The first-order valence-electron chi connectivity index (χ1n) is 5.23. The Bertz CT molecular complexity index is 706. The zero-order valence-electron chi connectivity index (χ0n) is 10.3. The largest absolute Gasteiger partial charge is 0.381 e. The molecule has 102 valence electrons. The molecule has 2 aromatic heterocycles. The van der Waals surface area contributed by atoms with Crippen molar-refractivity contribution in [2.75, 3.05) is 10.5 Å². The first-order valence-corrected chi connectivity index (χ1v) is 7.50. The lowest BCUT2D eigenvalue weighted by atomic mass is 10.3. The molecule has 3 N–H and O–H groups in total. The molecule has 2 aromatic rings. The average Bonchev–Trinajstić information content (AvgIpc) is 2.63. The number of nitrogens with one attached hydrogen (secondary N) is 1. The quantitative estimate of drug-likeness (QED) is 0.871. The summed E-state index contributed by atoms with van der Waals surface area (Å²) in [5.41, 5.74) is 6.26. The summed E-state index contributed by atoms with van der Waals surface area (Å²) in [6.07, 6.45) is 2.85. The lowest BCUT2D eigenvalue weighted by Crippen LogP contribution is -2.18. The molecule has 0 fully saturated rings. The number of nitrogen functional groups attached to an aromatic ring is 1. The first kappa shape index (κ1) is 13.8. The van der Waals surface area contributed by atoms with Crippen molar-refractivity contribution in [2.45, 2.75) is 11.9 Å². The third kappa shape index (κ3) is 2.71. The summed E-state index contributed by atoms with van der Waals surface area (Å²) < 4.78 is 29.0. The lowest BCUT2D eigenvalue weighted by molar-refractivity contribution is 0.591. The third-order valence-corrected chi connectivity index (χ3v) is 4.34. The number of imidazole rings is 1. The van der Waals surface area contributed by atoms with Gasteiger partial charge in [-0.15, -0.1) is 0 Å². The smallest absolute Gasteiger partial charge is 0.282 e. The average molecular weight is 346 g/mol. The van der Waals surface area contributed by atoms with Crippen molar-refractivity contribution in [1.29, 1.82) is 0 Å². The van der Waals surface area contributed by atoms with Gasteiger partial charge >= 0.3 is 0 Å². The minimum Gasteiger partial charge on any atom is -0.381 e. The van der Waals surface area contributed by atoms with E-state index < -0.39 is 10.0 Å². The number of nitrogens with two attached hydrogens (primary N) is 1. The van der Waals surface area contributed by atoms with Crippen LogP contribution in [-0.2, 0) is 17.1 Å². The number of anilines is 2. The normalized spacial score (nSPS) is 11.5. The molecule has 0 aliphatic carbocycles. The van der Waals surface area contributed by atoms with Gasteiger partial charge in [-0.1, -0.05) is 0 Å². The maximum atomic E-state index is 12.2. The molecule has 0 aromatic carbocycles. The predicted molar refractivity (Wildman–Crippen MR) is 75.1 cm³/mol. The van der Waals surface area contributed by atoms with Crippen molar-refractivity contribution in [3.63, 3.8) is 0 Å². The number of rotatable bonds is 3. The molecular formula is C10H12BrN5O2S. The standard InChI is InChI=1S/C10H12BrN5O2S/c1-6-3-7(11)4-13-9(6)15-19(17,18)10-8(12)14-5-16(10)2/h3-5H,12H2,1-2H3,(H,13,15). The zero-order chi connectivity index (χ0) is 14.2. The van der Waals surface area contributed by atoms with Crippen LogP contribution in [0.25, 0.3) is 0 Å². The highest BCUT2D eigenvalue weighted by molar-refractivity contribution is 9.10. The molecule has 9 heteroatoms. The lowest BCUT2D eigenvalue weighted by Gasteiger charge is -2.10. The van der Waals surface area contributed by atoms with Gasteiger partial charge in [-0.2, -0.15) is 8.42 Å². The summed E-state index contributed by atoms with van der Waals surface area (Å²) in [5, 5.41) is -0.0865. The summed E-state index contributed by atoms with van der Waals surface area (Å²) in [6, 6.07) is 1.76. The van der Waals surface area contributed by atoms with Gasteiger partial charge < -0.3 is 10.3 Å². The predicted octanol–water partition coefficient (Wildman–Crippen LogP) is 1.27. The molecule has 0 saturated heterocycles. The van der Waals surface area contributed by atoms with Gasteiger partial charge in [0.25, 0.3) is 10.0 Å². The van der Waals surface area contributed by atoms with E-state index in [1.807, 2.05) is 0 Å². The van der Waals surface area contributed by atoms with E-state index in [0.717, 1.165) is 4.47 Å². The van der Waals surface area contributed by atoms with Crippen LogP contribution in [-0.4, -0.2) is 23.0 Å². The van der Waals surface area contributed by atoms with Crippen LogP contribution in [0.15, 0.2) is 28.1 Å². The van der Waals surface area contributed by atoms with E-state index in [1.165, 1.54) is 17.1 Å². The summed E-state index contributed by atoms with van der Waals surface area (Å²) in [5.74, 6) is 0.202. The van der Waals surface area contributed by atoms with Crippen LogP contribution < -0.4 is 10.5 Å². The molecule has 0 unspecified atom stereocenters. The molecule has 0 saturated carbocycles. The van der Waals surface area contributed by atoms with E-state index in [2.05, 4.69) is 30.6 Å². The molecule has 0 aliphatic heterocycles. The van der Waals surface area contributed by atoms with Crippen molar-refractivity contribution >= 4 is 37.6 Å². The van der Waals surface area contributed by atoms with E-state index in [0.29, 0.717) is 5.56 Å². The number of halogens is 1. The van der Waals surface area contributed by atoms with Gasteiger partial charge in [0.1, 0.15) is 5.82 Å². The minimum absolute atomic E-state index is 0.0511. The van der Waals surface area contributed by atoms with Crippen LogP contribution in [0.5, 0.6) is 0 Å². The second kappa shape index (κ2) is 4.82. The van der Waals surface area contributed by atoms with Crippen LogP contribution in [0.2, 0.25) is 0 Å². The SMILES string of the molecule is Cc1cc(Br)cnc1NS(=O)(=O)c1c(N)ncn1C. The molecule has 0 spiro atoms. The van der Waals surface area contributed by atoms with Crippen molar-refractivity contribution < 1.29 is 8.42 Å². The molecule has 0 bridgehead atoms. The van der Waals surface area contributed by atoms with Crippen LogP contribution in [0.3, 0.4) is 0 Å². The zero-order valence-corrected chi connectivity index (χ0v) is 12.7. The number of aromatic nitrogens is 3. The van der Waals surface area contributed by atoms with E-state index >= 15 is 0 Å². The van der Waals surface area contributed by atoms with E-state index in [4.69, 9.17) is 5.73 Å². The van der Waals surface area contributed by atoms with Crippen LogP contribution in [0.4, 0.5) is 11.6 Å². The van der Waals surface area contributed by atoms with Crippen molar-refractivity contribution in [1.82, 2.24) is 14.5 Å². The Balaban J connectivity index is 2.42. The number of hydrogen-bond acceptors (Lipinski definition) is 5. The highest BCUT2D eigenvalue weighted by atomic mass is 79.9. The second-order valence-electron chi connectivity index (χ2n) is 3.97. The molecule has 2 rings (SSSR count). The van der Waals surface area contributed by atoms with Gasteiger partial charge in [0.05, 0.1) is 6.33 Å². The Labute approximate surface area is 119 Å². The van der Waals surface area contributed by atoms with Crippen LogP contribution in [0, 0.1) is 6.92 Å². The number of hydrogen-bond donors (Lipinski definition) is 2. The highest BCUT2D eigenvalue weighted by Gasteiger charge is 2.23. The van der Waals surface area contributed by atoms with E-state index in [1.54, 1.807) is 20.0 Å². The monoisotopic (exact) mass is 345 g/mol. The maximum Gasteiger partial charge on any atom is 0.282 e. The number of sulfonamides is 1. The fourth-order valence-electron chi connectivity index (χ4n) is 1.59. The molecule has 0 aliphatic rings. The Morgan fingerprint density at radius 3 is 2.63 bits per heavy atom. The topological polar surface area (TPSA) is 103 Å². The van der Waals surface area contributed by atoms with E-state index in [-0.39, 0.29) is 16.7 Å². The van der Waals surface area contributed by atoms with Gasteiger partial charge in [-0.05, 0) is 34.5 Å². The molecule has 19 heavy (non-hydrogen) atoms. The molecule has 7 nitrogen and oxygen atoms in total. The summed E-state index contributed by atoms with van der Waals surface area (Å²) in [6.45, 7) is 1.75. The first-order chi connectivity index (χ1) is 8.81. The van der Waals surface area contributed by atoms with Gasteiger partial charge in [-0.25, -0.2) is 9.97 Å². The Morgan fingerprint density at radius 2 is 2.11 bits per heavy atom. The Hall–Kier alpha value is -1.61. The molecule has 0 amide bonds. The third-order valence-electron chi connectivity index (χ3n) is 2.44. The van der Waals surface area contributed by atoms with Gasteiger partial charge in [-0.3, -0.25) is 4.72 Å². The fourth-order valence-corrected chi connectivity index (χ4v) is 3.35. The molecule has 0 radical (unpaired) electrons. The Morgan fingerprint density at radius 1 is 1.42 bits per heavy atom. The van der Waals surface area contributed by atoms with Gasteiger partial charge in [0.15, 0.2) is 10.8 Å². The van der Waals surface area contributed by atoms with E-state index in [9.17, 15) is 8.42 Å². The molecular weight excluding hydrogens is 334 g/mol. The van der Waals surface area contributed by atoms with Gasteiger partial charge in [0.2, 0.25) is 0 Å². The number of aryl methyl sites for hydroxylation is 2.